The number of benzene rings is 1. The lowest BCUT2D eigenvalue weighted by atomic mass is 10.2. The van der Waals surface area contributed by atoms with E-state index in [2.05, 4.69) is 10.3 Å². The summed E-state index contributed by atoms with van der Waals surface area (Å²) in [6, 6.07) is 9.29. The van der Waals surface area contributed by atoms with E-state index in [4.69, 9.17) is 15.2 Å². The summed E-state index contributed by atoms with van der Waals surface area (Å²) in [5.41, 5.74) is 5.99. The summed E-state index contributed by atoms with van der Waals surface area (Å²) in [6.07, 6.45) is -0.634. The maximum absolute atomic E-state index is 11.6. The molecule has 8 heteroatoms. The minimum Gasteiger partial charge on any atom is -0.444 e. The molecule has 0 aliphatic rings. The smallest absolute Gasteiger partial charge is 0.413 e. The number of anilines is 1. The van der Waals surface area contributed by atoms with Crippen LogP contribution < -0.4 is 15.8 Å². The third-order valence-corrected chi connectivity index (χ3v) is 3.03. The van der Waals surface area contributed by atoms with Crippen LogP contribution in [-0.2, 0) is 16.1 Å². The highest BCUT2D eigenvalue weighted by molar-refractivity contribution is 7.14. The van der Waals surface area contributed by atoms with Gasteiger partial charge in [0, 0.05) is 0 Å². The zero-order chi connectivity index (χ0) is 15.1. The fourth-order valence-electron chi connectivity index (χ4n) is 1.37. The maximum Gasteiger partial charge on any atom is 0.413 e. The number of hydrogen-bond acceptors (Lipinski definition) is 7. The van der Waals surface area contributed by atoms with Gasteiger partial charge in [0.15, 0.2) is 5.13 Å². The normalized spacial score (nSPS) is 9.95. The van der Waals surface area contributed by atoms with Crippen LogP contribution in [0.2, 0.25) is 0 Å². The SMILES string of the molecule is NCC(=O)Oc1csc(NC(=O)OCc2ccccc2)n1. The van der Waals surface area contributed by atoms with Gasteiger partial charge in [-0.05, 0) is 5.56 Å². The van der Waals surface area contributed by atoms with E-state index in [0.717, 1.165) is 16.9 Å². The molecule has 0 aliphatic heterocycles. The number of thiazole rings is 1. The molecule has 0 saturated heterocycles. The molecule has 3 N–H and O–H groups in total. The number of hydrogen-bond donors (Lipinski definition) is 2. The van der Waals surface area contributed by atoms with Gasteiger partial charge in [0.2, 0.25) is 5.88 Å². The van der Waals surface area contributed by atoms with Gasteiger partial charge < -0.3 is 15.2 Å². The van der Waals surface area contributed by atoms with Crippen LogP contribution in [-0.4, -0.2) is 23.6 Å². The number of nitrogens with two attached hydrogens (primary N) is 1. The average molecular weight is 307 g/mol. The Labute approximate surface area is 124 Å². The fraction of sp³-hybridized carbons (Fsp3) is 0.154. The number of ether oxygens (including phenoxy) is 2. The minimum absolute atomic E-state index is 0.0915. The topological polar surface area (TPSA) is 104 Å². The Balaban J connectivity index is 1.81. The third kappa shape index (κ3) is 4.86. The van der Waals surface area contributed by atoms with E-state index in [1.54, 1.807) is 0 Å². The summed E-state index contributed by atoms with van der Waals surface area (Å²) in [7, 11) is 0. The van der Waals surface area contributed by atoms with Crippen LogP contribution in [0.25, 0.3) is 0 Å². The van der Waals surface area contributed by atoms with Crippen LogP contribution in [0.5, 0.6) is 5.88 Å². The van der Waals surface area contributed by atoms with E-state index in [1.807, 2.05) is 30.3 Å². The highest BCUT2D eigenvalue weighted by Crippen LogP contribution is 2.21. The summed E-state index contributed by atoms with van der Waals surface area (Å²) in [6.45, 7) is -0.0769. The molecule has 2 aromatic rings. The van der Waals surface area contributed by atoms with Crippen molar-refractivity contribution in [2.45, 2.75) is 6.61 Å². The van der Waals surface area contributed by atoms with E-state index in [9.17, 15) is 9.59 Å². The Bertz CT molecular complexity index is 615. The highest BCUT2D eigenvalue weighted by atomic mass is 32.1. The van der Waals surface area contributed by atoms with Gasteiger partial charge in [0.1, 0.15) is 6.61 Å². The Morgan fingerprint density at radius 2 is 2.05 bits per heavy atom. The first-order valence-electron chi connectivity index (χ1n) is 6.01. The zero-order valence-electron chi connectivity index (χ0n) is 10.9. The second-order valence-electron chi connectivity index (χ2n) is 3.86. The van der Waals surface area contributed by atoms with Gasteiger partial charge in [-0.1, -0.05) is 30.3 Å². The summed E-state index contributed by atoms with van der Waals surface area (Å²) in [4.78, 5) is 26.5. The molecule has 0 spiro atoms. The third-order valence-electron chi connectivity index (χ3n) is 2.29. The van der Waals surface area contributed by atoms with Crippen LogP contribution >= 0.6 is 11.3 Å². The van der Waals surface area contributed by atoms with Crippen molar-refractivity contribution < 1.29 is 19.1 Å². The monoisotopic (exact) mass is 307 g/mol. The molecule has 0 bridgehead atoms. The molecule has 0 atom stereocenters. The van der Waals surface area contributed by atoms with Crippen molar-refractivity contribution in [3.05, 3.63) is 41.3 Å². The number of amides is 1. The predicted octanol–water partition coefficient (Wildman–Crippen LogP) is 1.76. The minimum atomic E-state index is -0.634. The number of nitrogens with zero attached hydrogens (tertiary/aromatic N) is 1. The first-order chi connectivity index (χ1) is 10.2. The lowest BCUT2D eigenvalue weighted by molar-refractivity contribution is -0.132. The van der Waals surface area contributed by atoms with Gasteiger partial charge in [-0.25, -0.2) is 4.79 Å². The number of nitrogens with one attached hydrogen (secondary N) is 1. The molecule has 1 heterocycles. The van der Waals surface area contributed by atoms with Crippen molar-refractivity contribution in [3.8, 4) is 5.88 Å². The van der Waals surface area contributed by atoms with Gasteiger partial charge in [0.05, 0.1) is 11.9 Å². The van der Waals surface area contributed by atoms with Gasteiger partial charge in [0.25, 0.3) is 0 Å². The second-order valence-corrected chi connectivity index (χ2v) is 4.71. The summed E-state index contributed by atoms with van der Waals surface area (Å²) >= 11 is 1.11. The standard InChI is InChI=1S/C13H13N3O4S/c14-6-11(17)20-10-8-21-12(15-10)16-13(18)19-7-9-4-2-1-3-5-9/h1-5,8H,6-7,14H2,(H,15,16,18). The Kier molecular flexibility index (Phi) is 5.24. The molecule has 1 aromatic heterocycles. The molecular weight excluding hydrogens is 294 g/mol. The zero-order valence-corrected chi connectivity index (χ0v) is 11.8. The van der Waals surface area contributed by atoms with E-state index in [-0.39, 0.29) is 24.2 Å². The van der Waals surface area contributed by atoms with Crippen LogP contribution in [0, 0.1) is 0 Å². The summed E-state index contributed by atoms with van der Waals surface area (Å²) < 4.78 is 9.83. The molecule has 0 aliphatic carbocycles. The molecular formula is C13H13N3O4S. The molecule has 0 radical (unpaired) electrons. The van der Waals surface area contributed by atoms with Crippen molar-refractivity contribution in [1.29, 1.82) is 0 Å². The first-order valence-corrected chi connectivity index (χ1v) is 6.89. The lowest BCUT2D eigenvalue weighted by Crippen LogP contribution is -2.19. The number of aromatic nitrogens is 1. The largest absolute Gasteiger partial charge is 0.444 e. The van der Waals surface area contributed by atoms with Gasteiger partial charge >= 0.3 is 12.1 Å². The Morgan fingerprint density at radius 1 is 1.29 bits per heavy atom. The molecule has 0 saturated carbocycles. The quantitative estimate of drug-likeness (QED) is 0.816. The predicted molar refractivity (Wildman–Crippen MR) is 77.1 cm³/mol. The van der Waals surface area contributed by atoms with E-state index in [0.29, 0.717) is 0 Å². The summed E-state index contributed by atoms with van der Waals surface area (Å²) in [5, 5.41) is 4.21. The van der Waals surface area contributed by atoms with Crippen molar-refractivity contribution in [1.82, 2.24) is 4.98 Å². The van der Waals surface area contributed by atoms with Crippen molar-refractivity contribution in [2.75, 3.05) is 11.9 Å². The summed E-state index contributed by atoms with van der Waals surface area (Å²) in [5.74, 6) is -0.507. The van der Waals surface area contributed by atoms with E-state index in [1.165, 1.54) is 5.38 Å². The Hall–Kier alpha value is -2.45. The van der Waals surface area contributed by atoms with Gasteiger partial charge in [-0.15, -0.1) is 11.3 Å². The van der Waals surface area contributed by atoms with Crippen molar-refractivity contribution in [3.63, 3.8) is 0 Å². The number of esters is 1. The molecule has 110 valence electrons. The fourth-order valence-corrected chi connectivity index (χ4v) is 1.97. The Morgan fingerprint density at radius 3 is 2.76 bits per heavy atom. The highest BCUT2D eigenvalue weighted by Gasteiger charge is 2.10. The van der Waals surface area contributed by atoms with Crippen LogP contribution in [0.15, 0.2) is 35.7 Å². The average Bonchev–Trinajstić information content (AvgIpc) is 2.93. The van der Waals surface area contributed by atoms with E-state index < -0.39 is 12.1 Å². The molecule has 2 rings (SSSR count). The van der Waals surface area contributed by atoms with Crippen molar-refractivity contribution >= 4 is 28.5 Å². The van der Waals surface area contributed by atoms with E-state index >= 15 is 0 Å². The molecule has 0 unspecified atom stereocenters. The van der Waals surface area contributed by atoms with Gasteiger partial charge in [-0.3, -0.25) is 10.1 Å². The molecule has 21 heavy (non-hydrogen) atoms. The molecule has 1 amide bonds. The van der Waals surface area contributed by atoms with Gasteiger partial charge in [-0.2, -0.15) is 4.98 Å². The number of carbonyl (C=O) groups is 2. The molecule has 7 nitrogen and oxygen atoms in total. The second kappa shape index (κ2) is 7.36. The first kappa shape index (κ1) is 14.9. The molecule has 0 fully saturated rings. The molecule has 1 aromatic carbocycles. The lowest BCUT2D eigenvalue weighted by Gasteiger charge is -2.04. The van der Waals surface area contributed by atoms with Crippen LogP contribution in [0.3, 0.4) is 0 Å². The maximum atomic E-state index is 11.6. The van der Waals surface area contributed by atoms with Crippen LogP contribution in [0.4, 0.5) is 9.93 Å². The van der Waals surface area contributed by atoms with Crippen LogP contribution in [0.1, 0.15) is 5.56 Å². The number of carbonyl (C=O) groups excluding carboxylic acids is 2. The number of rotatable bonds is 5. The van der Waals surface area contributed by atoms with Crippen molar-refractivity contribution in [2.24, 2.45) is 5.73 Å².